The number of nitrogens with zero attached hydrogens (tertiary/aromatic N) is 2. The second-order valence-corrected chi connectivity index (χ2v) is 12.5. The van der Waals surface area contributed by atoms with Crippen LogP contribution in [0.3, 0.4) is 0 Å². The third-order valence-corrected chi connectivity index (χ3v) is 7.20. The van der Waals surface area contributed by atoms with Crippen LogP contribution < -0.4 is 0 Å². The van der Waals surface area contributed by atoms with E-state index in [2.05, 4.69) is 97.9 Å². The van der Waals surface area contributed by atoms with E-state index in [0.29, 0.717) is 36.5 Å². The van der Waals surface area contributed by atoms with Gasteiger partial charge in [0.15, 0.2) is 0 Å². The van der Waals surface area contributed by atoms with Crippen molar-refractivity contribution >= 4 is 0 Å². The van der Waals surface area contributed by atoms with Crippen molar-refractivity contribution in [3.05, 3.63) is 0 Å². The number of piperazine rings is 1. The molecule has 0 spiro atoms. The maximum atomic E-state index is 12.6. The van der Waals surface area contributed by atoms with Gasteiger partial charge in [0, 0.05) is 56.9 Å². The fourth-order valence-corrected chi connectivity index (χ4v) is 4.16. The van der Waals surface area contributed by atoms with Crippen molar-refractivity contribution in [1.29, 1.82) is 0 Å². The van der Waals surface area contributed by atoms with E-state index in [0.717, 1.165) is 17.9 Å². The Labute approximate surface area is 219 Å². The van der Waals surface area contributed by atoms with Crippen molar-refractivity contribution in [2.75, 3.05) is 33.2 Å². The molecule has 0 amide bonds. The van der Waals surface area contributed by atoms with E-state index in [9.17, 15) is 8.78 Å². The lowest BCUT2D eigenvalue weighted by Gasteiger charge is -2.34. The van der Waals surface area contributed by atoms with Crippen molar-refractivity contribution in [2.45, 2.75) is 120 Å². The van der Waals surface area contributed by atoms with E-state index in [1.165, 1.54) is 39.0 Å². The normalized spacial score (nSPS) is 21.0. The highest BCUT2D eigenvalue weighted by molar-refractivity contribution is 5.03. The quantitative estimate of drug-likeness (QED) is 0.360. The molecule has 1 aliphatic heterocycles. The topological polar surface area (TPSA) is 6.48 Å². The molecule has 0 radical (unpaired) electrons. The summed E-state index contributed by atoms with van der Waals surface area (Å²) in [6.07, 6.45) is 4.64. The standard InChI is InChI=1S/C9H16F2.C8H18N2.C8H14.C6H12/c1-7(2)8-3-5-9(10,11)6-4-8;1-8(2)10-6-4-9(3)5-7-10;1-7(2)5-6-8(3)4;1-5(2)6-3-4-6/h7-8H,3-6H2,1-2H3;8H,4-7H2,1-3H3;7-8H,1-4H3;5-6H,3-4H2,1-2H3. The monoisotopic (exact) mass is 498 g/mol. The van der Waals surface area contributed by atoms with Crippen molar-refractivity contribution in [1.82, 2.24) is 9.80 Å². The number of alkyl halides is 2. The summed E-state index contributed by atoms with van der Waals surface area (Å²) in [6.45, 7) is 26.8. The highest BCUT2D eigenvalue weighted by Crippen LogP contribution is 2.38. The molecule has 0 unspecified atom stereocenters. The fraction of sp³-hybridized carbons (Fsp3) is 0.935. The molecule has 2 aliphatic carbocycles. The van der Waals surface area contributed by atoms with Crippen LogP contribution in [0.15, 0.2) is 0 Å². The van der Waals surface area contributed by atoms with Gasteiger partial charge in [-0.1, -0.05) is 55.4 Å². The Kier molecular flexibility index (Phi) is 17.4. The third-order valence-electron chi connectivity index (χ3n) is 7.20. The van der Waals surface area contributed by atoms with Crippen molar-refractivity contribution in [3.63, 3.8) is 0 Å². The average Bonchev–Trinajstić information content (AvgIpc) is 3.59. The fourth-order valence-electron chi connectivity index (χ4n) is 4.16. The third kappa shape index (κ3) is 19.2. The van der Waals surface area contributed by atoms with Crippen LogP contribution in [0.1, 0.15) is 108 Å². The van der Waals surface area contributed by atoms with E-state index < -0.39 is 5.92 Å². The Balaban J connectivity index is 0.000000450. The number of hydrogen-bond acceptors (Lipinski definition) is 2. The molecule has 208 valence electrons. The maximum absolute atomic E-state index is 12.6. The Hall–Kier alpha value is -0.660. The Morgan fingerprint density at radius 1 is 0.629 bits per heavy atom. The zero-order chi connectivity index (χ0) is 27.2. The molecule has 4 heteroatoms. The first-order valence-electron chi connectivity index (χ1n) is 14.5. The van der Waals surface area contributed by atoms with Gasteiger partial charge in [0.25, 0.3) is 0 Å². The van der Waals surface area contributed by atoms with Gasteiger partial charge in [-0.3, -0.25) is 4.90 Å². The predicted molar refractivity (Wildman–Crippen MR) is 151 cm³/mol. The molecule has 1 heterocycles. The van der Waals surface area contributed by atoms with Gasteiger partial charge >= 0.3 is 0 Å². The summed E-state index contributed by atoms with van der Waals surface area (Å²) >= 11 is 0. The minimum absolute atomic E-state index is 0.107. The zero-order valence-corrected chi connectivity index (χ0v) is 25.3. The smallest absolute Gasteiger partial charge is 0.248 e. The second kappa shape index (κ2) is 17.7. The molecule has 2 nitrogen and oxygen atoms in total. The van der Waals surface area contributed by atoms with Gasteiger partial charge in [-0.05, 0) is 70.3 Å². The minimum Gasteiger partial charge on any atom is -0.304 e. The summed E-state index contributed by atoms with van der Waals surface area (Å²) in [5, 5.41) is 0. The molecule has 3 rings (SSSR count). The summed E-state index contributed by atoms with van der Waals surface area (Å²) in [5.74, 6) is 8.06. The highest BCUT2D eigenvalue weighted by Gasteiger charge is 2.35. The molecule has 35 heavy (non-hydrogen) atoms. The molecule has 3 fully saturated rings. The maximum Gasteiger partial charge on any atom is 0.248 e. The number of halogens is 2. The van der Waals surface area contributed by atoms with Gasteiger partial charge in [0.05, 0.1) is 0 Å². The first kappa shape index (κ1) is 34.3. The van der Waals surface area contributed by atoms with Crippen molar-refractivity contribution in [2.24, 2.45) is 35.5 Å². The Morgan fingerprint density at radius 2 is 1.00 bits per heavy atom. The molecule has 0 aromatic carbocycles. The van der Waals surface area contributed by atoms with Crippen LogP contribution in [0, 0.1) is 47.3 Å². The van der Waals surface area contributed by atoms with Gasteiger partial charge in [0.2, 0.25) is 5.92 Å². The van der Waals surface area contributed by atoms with E-state index in [1.54, 1.807) is 0 Å². The molecule has 0 N–H and O–H groups in total. The summed E-state index contributed by atoms with van der Waals surface area (Å²) < 4.78 is 25.3. The van der Waals surface area contributed by atoms with Gasteiger partial charge in [-0.2, -0.15) is 0 Å². The number of likely N-dealkylation sites (N-methyl/N-ethyl adjacent to an activating group) is 1. The van der Waals surface area contributed by atoms with Crippen LogP contribution in [0.5, 0.6) is 0 Å². The van der Waals surface area contributed by atoms with E-state index in [4.69, 9.17) is 0 Å². The lowest BCUT2D eigenvalue weighted by Crippen LogP contribution is -2.47. The van der Waals surface area contributed by atoms with Crippen LogP contribution in [-0.2, 0) is 0 Å². The first-order chi connectivity index (χ1) is 16.1. The zero-order valence-electron chi connectivity index (χ0n) is 25.3. The van der Waals surface area contributed by atoms with Gasteiger partial charge in [0.1, 0.15) is 0 Å². The summed E-state index contributed by atoms with van der Waals surface area (Å²) in [6, 6.07) is 0.730. The predicted octanol–water partition coefficient (Wildman–Crippen LogP) is 8.46. The number of hydrogen-bond donors (Lipinski definition) is 0. The summed E-state index contributed by atoms with van der Waals surface area (Å²) in [5.41, 5.74) is 0. The molecule has 0 aromatic rings. The summed E-state index contributed by atoms with van der Waals surface area (Å²) in [4.78, 5) is 4.92. The number of rotatable bonds is 3. The first-order valence-corrected chi connectivity index (χ1v) is 14.5. The van der Waals surface area contributed by atoms with E-state index >= 15 is 0 Å². The van der Waals surface area contributed by atoms with Crippen LogP contribution in [-0.4, -0.2) is 55.0 Å². The lowest BCUT2D eigenvalue weighted by molar-refractivity contribution is -0.0504. The molecule has 0 bridgehead atoms. The van der Waals surface area contributed by atoms with Crippen LogP contribution in [0.4, 0.5) is 8.78 Å². The second-order valence-electron chi connectivity index (χ2n) is 12.5. The Morgan fingerprint density at radius 3 is 1.26 bits per heavy atom. The minimum atomic E-state index is -2.36. The molecular weight excluding hydrogens is 438 g/mol. The Bertz CT molecular complexity index is 553. The van der Waals surface area contributed by atoms with Crippen LogP contribution in [0.25, 0.3) is 0 Å². The molecule has 0 atom stereocenters. The molecule has 3 aliphatic rings. The molecule has 0 aromatic heterocycles. The summed E-state index contributed by atoms with van der Waals surface area (Å²) in [7, 11) is 2.19. The molecular formula is C31H60F2N2. The lowest BCUT2D eigenvalue weighted by atomic mass is 9.80. The molecule has 2 saturated carbocycles. The van der Waals surface area contributed by atoms with Gasteiger partial charge < -0.3 is 4.90 Å². The van der Waals surface area contributed by atoms with Gasteiger partial charge in [-0.25, -0.2) is 8.78 Å². The average molecular weight is 499 g/mol. The van der Waals surface area contributed by atoms with Gasteiger partial charge in [-0.15, -0.1) is 11.8 Å². The SMILES string of the molecule is CC(C)C#CC(C)C.CC(C)C1CC1.CC(C)C1CCC(F)(F)CC1.CC(C)N1CCN(C)CC1. The van der Waals surface area contributed by atoms with E-state index in [1.807, 2.05) is 0 Å². The molecule has 1 saturated heterocycles. The van der Waals surface area contributed by atoms with Crippen molar-refractivity contribution in [3.8, 4) is 11.8 Å². The van der Waals surface area contributed by atoms with E-state index in [-0.39, 0.29) is 12.8 Å². The van der Waals surface area contributed by atoms with Crippen LogP contribution in [0.2, 0.25) is 0 Å². The largest absolute Gasteiger partial charge is 0.304 e. The van der Waals surface area contributed by atoms with Crippen LogP contribution >= 0.6 is 0 Å². The highest BCUT2D eigenvalue weighted by atomic mass is 19.3. The van der Waals surface area contributed by atoms with Crippen molar-refractivity contribution < 1.29 is 8.78 Å².